The number of carbonyl (C=O) groups is 1. The fraction of sp³-hybridized carbons (Fsp3) is 0.471. The minimum Gasteiger partial charge on any atom is -0.509 e. The van der Waals surface area contributed by atoms with Crippen molar-refractivity contribution in [3.63, 3.8) is 0 Å². The van der Waals surface area contributed by atoms with Crippen LogP contribution in [0.2, 0.25) is 0 Å². The summed E-state index contributed by atoms with van der Waals surface area (Å²) in [5, 5.41) is 13.8. The normalized spacial score (nSPS) is 21.0. The van der Waals surface area contributed by atoms with Gasteiger partial charge in [0.15, 0.2) is 0 Å². The van der Waals surface area contributed by atoms with Crippen LogP contribution in [-0.4, -0.2) is 24.4 Å². The van der Waals surface area contributed by atoms with Crippen molar-refractivity contribution in [2.24, 2.45) is 0 Å². The van der Waals surface area contributed by atoms with Gasteiger partial charge in [-0.15, -0.1) is 0 Å². The van der Waals surface area contributed by atoms with E-state index in [1.54, 1.807) is 0 Å². The Morgan fingerprint density at radius 1 is 1.14 bits per heavy atom. The second-order valence-corrected chi connectivity index (χ2v) is 6.35. The highest BCUT2D eigenvalue weighted by atomic mass is 16.3. The summed E-state index contributed by atoms with van der Waals surface area (Å²) >= 11 is 0. The van der Waals surface area contributed by atoms with Crippen molar-refractivity contribution in [3.8, 4) is 0 Å². The molecule has 1 fully saturated rings. The van der Waals surface area contributed by atoms with Gasteiger partial charge in [-0.05, 0) is 43.4 Å². The van der Waals surface area contributed by atoms with E-state index in [4.69, 9.17) is 7.85 Å². The van der Waals surface area contributed by atoms with Crippen molar-refractivity contribution < 1.29 is 9.90 Å². The molecule has 1 aromatic rings. The van der Waals surface area contributed by atoms with E-state index in [1.165, 1.54) is 6.42 Å². The summed E-state index contributed by atoms with van der Waals surface area (Å²) in [6, 6.07) is 3.70. The second-order valence-electron chi connectivity index (χ2n) is 6.35. The zero-order chi connectivity index (χ0) is 15.2. The first-order valence-corrected chi connectivity index (χ1v) is 7.58. The minimum atomic E-state index is -0.537. The number of nitrogens with one attached hydrogen (secondary N) is 1. The quantitative estimate of drug-likeness (QED) is 0.775. The molecule has 1 aromatic carbocycles. The Morgan fingerprint density at radius 2 is 1.71 bits per heavy atom. The lowest BCUT2D eigenvalue weighted by atomic mass is 9.80. The molecular weight excluding hydrogens is 261 g/mol. The molecule has 4 heteroatoms. The van der Waals surface area contributed by atoms with Crippen molar-refractivity contribution in [2.75, 3.05) is 0 Å². The van der Waals surface area contributed by atoms with Crippen LogP contribution >= 0.6 is 0 Å². The highest BCUT2D eigenvalue weighted by Gasteiger charge is 2.46. The average Bonchev–Trinajstić information content (AvgIpc) is 2.63. The van der Waals surface area contributed by atoms with E-state index in [0.29, 0.717) is 11.0 Å². The van der Waals surface area contributed by atoms with Gasteiger partial charge in [-0.3, -0.25) is 4.79 Å². The van der Waals surface area contributed by atoms with Crippen LogP contribution in [0.4, 0.5) is 0 Å². The van der Waals surface area contributed by atoms with Crippen molar-refractivity contribution in [1.82, 2.24) is 5.32 Å². The van der Waals surface area contributed by atoms with Gasteiger partial charge in [-0.25, -0.2) is 0 Å². The highest BCUT2D eigenvalue weighted by Crippen LogP contribution is 2.42. The van der Waals surface area contributed by atoms with Gasteiger partial charge in [-0.2, -0.15) is 0 Å². The Balaban J connectivity index is 2.15. The van der Waals surface area contributed by atoms with Crippen LogP contribution in [0.3, 0.4) is 0 Å². The van der Waals surface area contributed by atoms with Gasteiger partial charge < -0.3 is 10.4 Å². The molecular formula is C17H20BNO2. The summed E-state index contributed by atoms with van der Waals surface area (Å²) in [6.07, 6.45) is 4.89. The molecule has 1 spiro atoms. The first-order valence-electron chi connectivity index (χ1n) is 7.58. The summed E-state index contributed by atoms with van der Waals surface area (Å²) in [5.41, 5.74) is 3.26. The van der Waals surface area contributed by atoms with Crippen molar-refractivity contribution >= 4 is 24.8 Å². The molecule has 1 aliphatic heterocycles. The number of amides is 1. The molecule has 2 N–H and O–H groups in total. The Kier molecular flexibility index (Phi) is 3.35. The predicted octanol–water partition coefficient (Wildman–Crippen LogP) is 2.20. The van der Waals surface area contributed by atoms with E-state index in [0.717, 1.165) is 42.4 Å². The van der Waals surface area contributed by atoms with Crippen LogP contribution in [0, 0.1) is 13.8 Å². The first kappa shape index (κ1) is 14.2. The lowest BCUT2D eigenvalue weighted by Crippen LogP contribution is -2.46. The van der Waals surface area contributed by atoms with Crippen molar-refractivity contribution in [2.45, 2.75) is 51.5 Å². The van der Waals surface area contributed by atoms with Crippen LogP contribution in [0.5, 0.6) is 0 Å². The summed E-state index contributed by atoms with van der Waals surface area (Å²) in [6.45, 7) is 3.86. The predicted molar refractivity (Wildman–Crippen MR) is 84.8 cm³/mol. The van der Waals surface area contributed by atoms with Gasteiger partial charge in [0.1, 0.15) is 13.6 Å². The van der Waals surface area contributed by atoms with E-state index < -0.39 is 5.54 Å². The van der Waals surface area contributed by atoms with E-state index in [-0.39, 0.29) is 11.7 Å². The zero-order valence-electron chi connectivity index (χ0n) is 12.6. The van der Waals surface area contributed by atoms with Gasteiger partial charge in [0.2, 0.25) is 0 Å². The molecule has 1 heterocycles. The number of hydrogen-bond donors (Lipinski definition) is 2. The molecule has 21 heavy (non-hydrogen) atoms. The van der Waals surface area contributed by atoms with E-state index in [2.05, 4.69) is 5.32 Å². The van der Waals surface area contributed by atoms with Gasteiger partial charge in [0.05, 0.1) is 11.1 Å². The Hall–Kier alpha value is -1.71. The molecule has 2 radical (unpaired) electrons. The fourth-order valence-electron chi connectivity index (χ4n) is 3.83. The van der Waals surface area contributed by atoms with Crippen molar-refractivity contribution in [3.05, 3.63) is 34.6 Å². The summed E-state index contributed by atoms with van der Waals surface area (Å²) in [4.78, 5) is 12.5. The van der Waals surface area contributed by atoms with Gasteiger partial charge in [0, 0.05) is 0 Å². The van der Waals surface area contributed by atoms with Crippen LogP contribution in [0.15, 0.2) is 17.9 Å². The van der Waals surface area contributed by atoms with Crippen molar-refractivity contribution in [1.29, 1.82) is 0 Å². The molecule has 1 saturated carbocycles. The summed E-state index contributed by atoms with van der Waals surface area (Å²) in [7, 11) is 5.85. The second kappa shape index (κ2) is 4.94. The third-order valence-corrected chi connectivity index (χ3v) is 4.78. The number of benzene rings is 1. The summed E-state index contributed by atoms with van der Waals surface area (Å²) < 4.78 is 0. The molecule has 108 valence electrons. The standard InChI is InChI=1S/C17H20BNO2/c1-10-8-12(18)9-11(2)13(10)14-15(20)17(19-16(14)21)6-4-3-5-7-17/h8-9,20H,3-7H2,1-2H3,(H,19,21). The van der Waals surface area contributed by atoms with E-state index in [1.807, 2.05) is 26.0 Å². The maximum atomic E-state index is 12.5. The molecule has 3 rings (SSSR count). The average molecular weight is 281 g/mol. The van der Waals surface area contributed by atoms with E-state index >= 15 is 0 Å². The SMILES string of the molecule is [B]c1cc(C)c(C2=C(O)C3(CCCCC3)NC2=O)c(C)c1. The van der Waals surface area contributed by atoms with E-state index in [9.17, 15) is 9.90 Å². The number of rotatable bonds is 1. The number of hydrogen-bond acceptors (Lipinski definition) is 2. The number of aliphatic hydroxyl groups is 1. The smallest absolute Gasteiger partial charge is 0.256 e. The maximum Gasteiger partial charge on any atom is 0.256 e. The molecule has 0 unspecified atom stereocenters. The first-order chi connectivity index (χ1) is 9.94. The number of carbonyl (C=O) groups excluding carboxylic acids is 1. The van der Waals surface area contributed by atoms with Gasteiger partial charge >= 0.3 is 0 Å². The third kappa shape index (κ3) is 2.17. The van der Waals surface area contributed by atoms with Gasteiger partial charge in [-0.1, -0.05) is 36.9 Å². The summed E-state index contributed by atoms with van der Waals surface area (Å²) in [5.74, 6) is 0.0635. The monoisotopic (exact) mass is 281 g/mol. The molecule has 3 nitrogen and oxygen atoms in total. The van der Waals surface area contributed by atoms with Crippen LogP contribution in [-0.2, 0) is 4.79 Å². The lowest BCUT2D eigenvalue weighted by Gasteiger charge is -2.33. The molecule has 0 atom stereocenters. The Morgan fingerprint density at radius 3 is 2.29 bits per heavy atom. The maximum absolute atomic E-state index is 12.5. The largest absolute Gasteiger partial charge is 0.509 e. The topological polar surface area (TPSA) is 49.3 Å². The molecule has 0 bridgehead atoms. The van der Waals surface area contributed by atoms with Crippen LogP contribution in [0.25, 0.3) is 5.57 Å². The molecule has 0 saturated heterocycles. The van der Waals surface area contributed by atoms with Crippen LogP contribution < -0.4 is 10.8 Å². The van der Waals surface area contributed by atoms with Crippen LogP contribution in [0.1, 0.15) is 48.8 Å². The van der Waals surface area contributed by atoms with Gasteiger partial charge in [0.25, 0.3) is 5.91 Å². The minimum absolute atomic E-state index is 0.162. The fourth-order valence-corrected chi connectivity index (χ4v) is 3.83. The Labute approximate surface area is 126 Å². The molecule has 0 aromatic heterocycles. The molecule has 2 aliphatic rings. The molecule has 1 amide bonds. The zero-order valence-corrected chi connectivity index (χ0v) is 12.6. The number of aliphatic hydroxyl groups excluding tert-OH is 1. The third-order valence-electron chi connectivity index (χ3n) is 4.78. The highest BCUT2D eigenvalue weighted by molar-refractivity contribution is 6.33. The molecule has 1 aliphatic carbocycles. The lowest BCUT2D eigenvalue weighted by molar-refractivity contribution is -0.116. The Bertz CT molecular complexity index is 619. The number of aryl methyl sites for hydroxylation is 2.